The Morgan fingerprint density at radius 3 is 1.77 bits per heavy atom. The summed E-state index contributed by atoms with van der Waals surface area (Å²) in [4.78, 5) is 27.4. The summed E-state index contributed by atoms with van der Waals surface area (Å²) in [6.45, 7) is 8.94. The van der Waals surface area contributed by atoms with Crippen molar-refractivity contribution in [2.24, 2.45) is 44.8 Å². The molecule has 14 N–H and O–H groups in total. The Hall–Kier alpha value is -2.16. The number of carbonyl (C=O) groups excluding carboxylic acids is 2. The topological polar surface area (TPSA) is 400 Å². The number of fused-ring (bicyclic) bond motifs is 7. The van der Waals surface area contributed by atoms with E-state index in [1.807, 2.05) is 13.8 Å². The van der Waals surface area contributed by atoms with E-state index in [1.54, 1.807) is 0 Å². The van der Waals surface area contributed by atoms with Crippen LogP contribution in [0.5, 0.6) is 0 Å². The summed E-state index contributed by atoms with van der Waals surface area (Å²) in [7, 11) is 0. The first-order chi connectivity index (χ1) is 37.1. The van der Waals surface area contributed by atoms with Crippen molar-refractivity contribution in [2.45, 2.75) is 234 Å². The van der Waals surface area contributed by atoms with Gasteiger partial charge in [0.05, 0.1) is 44.6 Å². The highest BCUT2D eigenvalue weighted by Crippen LogP contribution is 2.76. The molecule has 8 fully saturated rings. The van der Waals surface area contributed by atoms with Gasteiger partial charge in [-0.25, -0.2) is 0 Å². The van der Waals surface area contributed by atoms with E-state index >= 15 is 0 Å². The van der Waals surface area contributed by atoms with Crippen LogP contribution in [0.15, 0.2) is 11.6 Å². The zero-order chi connectivity index (χ0) is 57.7. The van der Waals surface area contributed by atoms with Gasteiger partial charge in [-0.2, -0.15) is 0 Å². The number of aliphatic hydroxyl groups excluding tert-OH is 14. The molecule has 4 aliphatic heterocycles. The minimum Gasteiger partial charge on any atom is -0.460 e. The molecule has 0 aromatic carbocycles. The first-order valence-corrected chi connectivity index (χ1v) is 28.0. The first-order valence-electron chi connectivity index (χ1n) is 28.0. The predicted octanol–water partition coefficient (Wildman–Crippen LogP) is -3.13. The SMILES string of the molecule is CC(=O)OC1(C)CCC2(C(=O)OC3OC(CO)C(O)C(O)C3O)CCC3(C)C(=CCC4C5(C)CCC(OC6OCC(O)C(OC7OC(CO)C(O)C(O)C7OC7OC(CO)C(O)C(O)C7O)C6O)C(C)(CO)C5CCC43C)C2C1. The van der Waals surface area contributed by atoms with Crippen molar-refractivity contribution in [3.05, 3.63) is 11.6 Å². The van der Waals surface area contributed by atoms with Crippen molar-refractivity contribution in [3.63, 3.8) is 0 Å². The molecule has 25 heteroatoms. The van der Waals surface area contributed by atoms with E-state index in [1.165, 1.54) is 6.92 Å². The second-order valence-electron chi connectivity index (χ2n) is 25.5. The zero-order valence-corrected chi connectivity index (χ0v) is 45.7. The van der Waals surface area contributed by atoms with Crippen molar-refractivity contribution < 1.29 is 124 Å². The minimum absolute atomic E-state index is 0.0473. The lowest BCUT2D eigenvalue weighted by Gasteiger charge is -2.71. The fourth-order valence-corrected chi connectivity index (χ4v) is 16.5. The molecular weight excluding hydrogens is 1050 g/mol. The average molecular weight is 1140 g/mol. The Kier molecular flexibility index (Phi) is 17.6. The molecule has 0 bridgehead atoms. The quantitative estimate of drug-likeness (QED) is 0.0493. The molecule has 4 saturated carbocycles. The van der Waals surface area contributed by atoms with Gasteiger partial charge in [-0.1, -0.05) is 39.3 Å². The van der Waals surface area contributed by atoms with E-state index in [9.17, 15) is 81.1 Å². The first kappa shape index (κ1) is 61.4. The number of carbonyl (C=O) groups is 2. The third kappa shape index (κ3) is 10.2. The molecule has 25 nitrogen and oxygen atoms in total. The number of allylic oxidation sites excluding steroid dienone is 2. The van der Waals surface area contributed by atoms with Gasteiger partial charge in [-0.15, -0.1) is 0 Å². The maximum Gasteiger partial charge on any atom is 0.315 e. The molecule has 0 radical (unpaired) electrons. The largest absolute Gasteiger partial charge is 0.460 e. The molecular formula is C54H86O25. The third-order valence-corrected chi connectivity index (χ3v) is 21.3. The summed E-state index contributed by atoms with van der Waals surface area (Å²) < 4.78 is 53.4. The Balaban J connectivity index is 0.943. The van der Waals surface area contributed by atoms with Crippen LogP contribution in [0.1, 0.15) is 106 Å². The van der Waals surface area contributed by atoms with Gasteiger partial charge in [0.1, 0.15) is 97.2 Å². The summed E-state index contributed by atoms with van der Waals surface area (Å²) in [5.74, 6) is -1.69. The Labute approximate surface area is 458 Å². The molecule has 452 valence electrons. The van der Waals surface area contributed by atoms with Crippen LogP contribution in [0.4, 0.5) is 0 Å². The van der Waals surface area contributed by atoms with Crippen molar-refractivity contribution in [1.82, 2.24) is 0 Å². The normalized spacial score (nSPS) is 53.8. The van der Waals surface area contributed by atoms with E-state index in [2.05, 4.69) is 26.8 Å². The molecule has 29 atom stereocenters. The molecule has 0 aromatic heterocycles. The van der Waals surface area contributed by atoms with E-state index in [-0.39, 0.29) is 30.3 Å². The molecule has 0 spiro atoms. The molecule has 4 heterocycles. The lowest BCUT2D eigenvalue weighted by molar-refractivity contribution is -0.387. The second-order valence-corrected chi connectivity index (χ2v) is 25.5. The van der Waals surface area contributed by atoms with Gasteiger partial charge >= 0.3 is 11.9 Å². The second kappa shape index (κ2) is 22.7. The highest BCUT2D eigenvalue weighted by atomic mass is 16.8. The van der Waals surface area contributed by atoms with Crippen LogP contribution >= 0.6 is 0 Å². The Morgan fingerprint density at radius 2 is 1.16 bits per heavy atom. The number of rotatable bonds is 13. The van der Waals surface area contributed by atoms with E-state index < -0.39 is 194 Å². The number of hydrogen-bond acceptors (Lipinski definition) is 25. The summed E-state index contributed by atoms with van der Waals surface area (Å²) >= 11 is 0. The van der Waals surface area contributed by atoms with Gasteiger partial charge in [0.2, 0.25) is 6.29 Å². The van der Waals surface area contributed by atoms with Crippen LogP contribution in [-0.2, 0) is 52.2 Å². The molecule has 5 aliphatic carbocycles. The third-order valence-electron chi connectivity index (χ3n) is 21.3. The van der Waals surface area contributed by atoms with Crippen molar-refractivity contribution in [3.8, 4) is 0 Å². The summed E-state index contributed by atoms with van der Waals surface area (Å²) in [5, 5.41) is 150. The van der Waals surface area contributed by atoms with Crippen LogP contribution in [0.3, 0.4) is 0 Å². The highest BCUT2D eigenvalue weighted by molar-refractivity contribution is 5.79. The molecule has 4 saturated heterocycles. The average Bonchev–Trinajstić information content (AvgIpc) is 2.97. The summed E-state index contributed by atoms with van der Waals surface area (Å²) in [5.41, 5.74) is -3.23. The number of ether oxygens (including phenoxy) is 9. The Morgan fingerprint density at radius 1 is 0.595 bits per heavy atom. The van der Waals surface area contributed by atoms with Gasteiger partial charge in [0, 0.05) is 18.3 Å². The smallest absolute Gasteiger partial charge is 0.315 e. The van der Waals surface area contributed by atoms with Crippen molar-refractivity contribution in [2.75, 3.05) is 33.0 Å². The fraction of sp³-hybridized carbons (Fsp3) is 0.926. The molecule has 79 heavy (non-hydrogen) atoms. The predicted molar refractivity (Wildman–Crippen MR) is 265 cm³/mol. The highest BCUT2D eigenvalue weighted by Gasteiger charge is 2.71. The number of aliphatic hydroxyl groups is 14. The van der Waals surface area contributed by atoms with Crippen LogP contribution in [0.2, 0.25) is 0 Å². The van der Waals surface area contributed by atoms with Crippen molar-refractivity contribution in [1.29, 1.82) is 0 Å². The van der Waals surface area contributed by atoms with Crippen molar-refractivity contribution >= 4 is 11.9 Å². The summed E-state index contributed by atoms with van der Waals surface area (Å²) in [6.07, 6.45) is -25.7. The fourth-order valence-electron chi connectivity index (χ4n) is 16.5. The van der Waals surface area contributed by atoms with E-state index in [0.29, 0.717) is 57.8 Å². The number of hydrogen-bond donors (Lipinski definition) is 14. The standard InChI is InChI=1S/C54H86O25/c1-23(59)79-49(2)13-15-54(48(70)78-46-40(68)37(65)34(62)28(19-56)73-46)16-14-52(5)24(25(54)17-49)7-8-31-50(3)11-10-32(51(4,22-58)30(50)9-12-53(31,52)6)75-44-41(69)42(26(60)21-71-44)76-47-43(38(66)35(63)29(20-57)74-47)77-45-39(67)36(64)33(61)27(18-55)72-45/h7,25-47,55-58,60-69H,8-22H2,1-6H3. The minimum atomic E-state index is -1.94. The van der Waals surface area contributed by atoms with Crippen LogP contribution in [0, 0.1) is 44.8 Å². The summed E-state index contributed by atoms with van der Waals surface area (Å²) in [6, 6.07) is 0. The van der Waals surface area contributed by atoms with Gasteiger partial charge < -0.3 is 114 Å². The monoisotopic (exact) mass is 1130 g/mol. The molecule has 29 unspecified atom stereocenters. The van der Waals surface area contributed by atoms with Crippen LogP contribution in [0.25, 0.3) is 0 Å². The van der Waals surface area contributed by atoms with E-state index in [4.69, 9.17) is 42.6 Å². The maximum atomic E-state index is 14.9. The van der Waals surface area contributed by atoms with Gasteiger partial charge in [-0.05, 0) is 99.2 Å². The molecule has 0 amide bonds. The van der Waals surface area contributed by atoms with Gasteiger partial charge in [-0.3, -0.25) is 9.59 Å². The zero-order valence-electron chi connectivity index (χ0n) is 45.7. The maximum absolute atomic E-state index is 14.9. The molecule has 9 aliphatic rings. The van der Waals surface area contributed by atoms with Gasteiger partial charge in [0.15, 0.2) is 18.9 Å². The van der Waals surface area contributed by atoms with E-state index in [0.717, 1.165) is 5.57 Å². The lowest BCUT2D eigenvalue weighted by Crippen LogP contribution is -2.67. The van der Waals surface area contributed by atoms with Crippen LogP contribution in [-0.4, -0.2) is 245 Å². The lowest BCUT2D eigenvalue weighted by atomic mass is 9.33. The van der Waals surface area contributed by atoms with Gasteiger partial charge in [0.25, 0.3) is 0 Å². The molecule has 0 aromatic rings. The molecule has 9 rings (SSSR count). The number of esters is 2. The van der Waals surface area contributed by atoms with Crippen LogP contribution < -0.4 is 0 Å². The Bertz CT molecular complexity index is 2200.